The van der Waals surface area contributed by atoms with Crippen molar-refractivity contribution in [1.29, 1.82) is 0 Å². The normalized spacial score (nSPS) is 11.2. The highest BCUT2D eigenvalue weighted by atomic mass is 32.2. The first-order valence-corrected chi connectivity index (χ1v) is 7.82. The SMILES string of the molecule is Cc1nnc(NS(=O)(=O)c2cccc(C(N)=S)c2)s1. The van der Waals surface area contributed by atoms with Crippen LogP contribution in [0.4, 0.5) is 5.13 Å². The van der Waals surface area contributed by atoms with Gasteiger partial charge in [0.15, 0.2) is 0 Å². The molecule has 0 spiro atoms. The van der Waals surface area contributed by atoms with Crippen LogP contribution in [0.1, 0.15) is 10.6 Å². The smallest absolute Gasteiger partial charge is 0.263 e. The van der Waals surface area contributed by atoms with Crippen molar-refractivity contribution in [2.24, 2.45) is 5.73 Å². The lowest BCUT2D eigenvalue weighted by Gasteiger charge is -2.06. The molecule has 0 aliphatic heterocycles. The van der Waals surface area contributed by atoms with E-state index < -0.39 is 10.0 Å². The molecular formula is C10H10N4O2S3. The molecule has 0 fully saturated rings. The number of nitrogens with two attached hydrogens (primary N) is 1. The standard InChI is InChI=1S/C10H10N4O2S3/c1-6-12-13-10(18-6)14-19(15,16)8-4-2-3-7(5-8)9(11)17/h2-5H,1H3,(H2,11,17)(H,13,14). The monoisotopic (exact) mass is 314 g/mol. The maximum Gasteiger partial charge on any atom is 0.263 e. The Morgan fingerprint density at radius 2 is 2.16 bits per heavy atom. The minimum atomic E-state index is -3.71. The molecule has 3 N–H and O–H groups in total. The summed E-state index contributed by atoms with van der Waals surface area (Å²) in [4.78, 5) is 0.217. The Morgan fingerprint density at radius 3 is 2.74 bits per heavy atom. The summed E-state index contributed by atoms with van der Waals surface area (Å²) in [6.07, 6.45) is 0. The summed E-state index contributed by atoms with van der Waals surface area (Å²) >= 11 is 5.98. The molecular weight excluding hydrogens is 304 g/mol. The first-order chi connectivity index (χ1) is 8.88. The molecule has 0 radical (unpaired) electrons. The van der Waals surface area contributed by atoms with E-state index in [1.165, 1.54) is 12.1 Å². The van der Waals surface area contributed by atoms with E-state index >= 15 is 0 Å². The molecule has 1 aromatic carbocycles. The predicted molar refractivity (Wildman–Crippen MR) is 77.8 cm³/mol. The largest absolute Gasteiger partial charge is 0.389 e. The molecule has 1 aromatic heterocycles. The number of aromatic nitrogens is 2. The van der Waals surface area contributed by atoms with Crippen molar-refractivity contribution in [2.45, 2.75) is 11.8 Å². The van der Waals surface area contributed by atoms with Crippen molar-refractivity contribution in [3.05, 3.63) is 34.8 Å². The van der Waals surface area contributed by atoms with Gasteiger partial charge < -0.3 is 5.73 Å². The number of hydrogen-bond acceptors (Lipinski definition) is 6. The predicted octanol–water partition coefficient (Wildman–Crippen LogP) is 1.28. The molecule has 9 heteroatoms. The van der Waals surface area contributed by atoms with Gasteiger partial charge in [-0.15, -0.1) is 10.2 Å². The second-order valence-electron chi connectivity index (χ2n) is 3.62. The molecule has 0 bridgehead atoms. The van der Waals surface area contributed by atoms with Gasteiger partial charge in [-0.25, -0.2) is 8.42 Å². The van der Waals surface area contributed by atoms with Crippen molar-refractivity contribution < 1.29 is 8.42 Å². The van der Waals surface area contributed by atoms with Crippen LogP contribution in [-0.4, -0.2) is 23.6 Å². The van der Waals surface area contributed by atoms with Crippen molar-refractivity contribution in [1.82, 2.24) is 10.2 Å². The summed E-state index contributed by atoms with van der Waals surface area (Å²) in [5.41, 5.74) is 5.97. The van der Waals surface area contributed by atoms with Gasteiger partial charge in [0.2, 0.25) is 5.13 Å². The van der Waals surface area contributed by atoms with Crippen molar-refractivity contribution in [2.75, 3.05) is 4.72 Å². The van der Waals surface area contributed by atoms with Gasteiger partial charge in [-0.1, -0.05) is 35.7 Å². The Morgan fingerprint density at radius 1 is 1.42 bits per heavy atom. The Hall–Kier alpha value is -1.58. The summed E-state index contributed by atoms with van der Waals surface area (Å²) in [6.45, 7) is 1.74. The lowest BCUT2D eigenvalue weighted by Crippen LogP contribution is -2.15. The van der Waals surface area contributed by atoms with Crippen LogP contribution in [-0.2, 0) is 10.0 Å². The quantitative estimate of drug-likeness (QED) is 0.825. The third kappa shape index (κ3) is 3.25. The first-order valence-electron chi connectivity index (χ1n) is 5.11. The van der Waals surface area contributed by atoms with Crippen LogP contribution in [0.15, 0.2) is 29.2 Å². The van der Waals surface area contributed by atoms with E-state index in [4.69, 9.17) is 18.0 Å². The zero-order valence-electron chi connectivity index (χ0n) is 9.82. The van der Waals surface area contributed by atoms with Crippen LogP contribution in [0.5, 0.6) is 0 Å². The van der Waals surface area contributed by atoms with Gasteiger partial charge in [0, 0.05) is 5.56 Å². The average molecular weight is 314 g/mol. The molecule has 0 aliphatic rings. The van der Waals surface area contributed by atoms with Crippen LogP contribution in [0.3, 0.4) is 0 Å². The first kappa shape index (κ1) is 13.8. The van der Waals surface area contributed by atoms with Crippen molar-refractivity contribution >= 4 is 43.7 Å². The Bertz CT molecular complexity index is 724. The van der Waals surface area contributed by atoms with Gasteiger partial charge in [0.1, 0.15) is 10.00 Å². The Balaban J connectivity index is 2.34. The Kier molecular flexibility index (Phi) is 3.78. The minimum Gasteiger partial charge on any atom is -0.389 e. The number of sulfonamides is 1. The second kappa shape index (κ2) is 5.19. The number of nitrogens with zero attached hydrogens (tertiary/aromatic N) is 2. The fourth-order valence-electron chi connectivity index (χ4n) is 1.33. The molecule has 19 heavy (non-hydrogen) atoms. The molecule has 0 atom stereocenters. The van der Waals surface area contributed by atoms with Crippen LogP contribution in [0.25, 0.3) is 0 Å². The highest BCUT2D eigenvalue weighted by Crippen LogP contribution is 2.19. The Labute approximate surface area is 119 Å². The van der Waals surface area contributed by atoms with Gasteiger partial charge >= 0.3 is 0 Å². The van der Waals surface area contributed by atoms with Gasteiger partial charge in [0.25, 0.3) is 10.0 Å². The lowest BCUT2D eigenvalue weighted by molar-refractivity contribution is 0.601. The number of rotatable bonds is 4. The molecule has 0 aliphatic carbocycles. The summed E-state index contributed by atoms with van der Waals surface area (Å²) in [5, 5.41) is 8.35. The fraction of sp³-hybridized carbons (Fsp3) is 0.100. The maximum atomic E-state index is 12.1. The number of aryl methyl sites for hydroxylation is 1. The van der Waals surface area contributed by atoms with Crippen molar-refractivity contribution in [3.63, 3.8) is 0 Å². The van der Waals surface area contributed by atoms with Gasteiger partial charge in [0.05, 0.1) is 4.90 Å². The molecule has 2 rings (SSSR count). The third-order valence-corrected chi connectivity index (χ3v) is 4.63. The number of hydrogen-bond donors (Lipinski definition) is 2. The third-order valence-electron chi connectivity index (χ3n) is 2.18. The zero-order valence-corrected chi connectivity index (χ0v) is 12.3. The van der Waals surface area contributed by atoms with Crippen LogP contribution < -0.4 is 10.5 Å². The number of benzene rings is 1. The van der Waals surface area contributed by atoms with Gasteiger partial charge in [-0.05, 0) is 19.1 Å². The van der Waals surface area contributed by atoms with E-state index in [0.29, 0.717) is 10.6 Å². The molecule has 6 nitrogen and oxygen atoms in total. The number of anilines is 1. The molecule has 0 unspecified atom stereocenters. The molecule has 100 valence electrons. The van der Waals surface area contributed by atoms with Crippen LogP contribution >= 0.6 is 23.6 Å². The molecule has 2 aromatic rings. The van der Waals surface area contributed by atoms with Crippen molar-refractivity contribution in [3.8, 4) is 0 Å². The van der Waals surface area contributed by atoms with E-state index in [2.05, 4.69) is 14.9 Å². The highest BCUT2D eigenvalue weighted by Gasteiger charge is 2.17. The van der Waals surface area contributed by atoms with Crippen LogP contribution in [0, 0.1) is 6.92 Å². The summed E-state index contributed by atoms with van der Waals surface area (Å²) < 4.78 is 26.6. The van der Waals surface area contributed by atoms with E-state index in [1.54, 1.807) is 19.1 Å². The maximum absolute atomic E-state index is 12.1. The topological polar surface area (TPSA) is 98.0 Å². The summed E-state index contributed by atoms with van der Waals surface area (Å²) in [7, 11) is -3.71. The molecule has 0 amide bonds. The number of thiocarbonyl (C=S) groups is 1. The molecule has 0 saturated heterocycles. The van der Waals surface area contributed by atoms with E-state index in [9.17, 15) is 8.42 Å². The lowest BCUT2D eigenvalue weighted by atomic mass is 10.2. The van der Waals surface area contributed by atoms with Gasteiger partial charge in [-0.3, -0.25) is 4.72 Å². The molecule has 0 saturated carbocycles. The van der Waals surface area contributed by atoms with E-state index in [1.807, 2.05) is 0 Å². The molecule has 1 heterocycles. The summed E-state index contributed by atoms with van der Waals surface area (Å²) in [6, 6.07) is 6.10. The summed E-state index contributed by atoms with van der Waals surface area (Å²) in [5.74, 6) is 0. The van der Waals surface area contributed by atoms with Gasteiger partial charge in [-0.2, -0.15) is 0 Å². The number of nitrogens with one attached hydrogen (secondary N) is 1. The highest BCUT2D eigenvalue weighted by molar-refractivity contribution is 7.93. The minimum absolute atomic E-state index is 0.0747. The van der Waals surface area contributed by atoms with E-state index in [-0.39, 0.29) is 15.0 Å². The average Bonchev–Trinajstić information content (AvgIpc) is 2.74. The van der Waals surface area contributed by atoms with Crippen LogP contribution in [0.2, 0.25) is 0 Å². The zero-order chi connectivity index (χ0) is 14.0. The van der Waals surface area contributed by atoms with E-state index in [0.717, 1.165) is 11.3 Å². The fourth-order valence-corrected chi connectivity index (χ4v) is 3.32. The second-order valence-corrected chi connectivity index (χ2v) is 6.93.